The Hall–Kier alpha value is -1.13. The number of hydrogen-bond acceptors (Lipinski definition) is 2. The number of rotatable bonds is 5. The van der Waals surface area contributed by atoms with Crippen molar-refractivity contribution in [1.29, 1.82) is 0 Å². The van der Waals surface area contributed by atoms with E-state index >= 15 is 2.86 Å². The molecule has 0 fully saturated rings. The summed E-state index contributed by atoms with van der Waals surface area (Å²) in [5, 5.41) is 0. The molecule has 0 spiro atoms. The minimum atomic E-state index is -6.12. The molecule has 1 N–H and O–H groups in total. The Labute approximate surface area is 137 Å². The van der Waals surface area contributed by atoms with E-state index in [0.29, 0.717) is 6.42 Å². The van der Waals surface area contributed by atoms with Gasteiger partial charge in [0, 0.05) is 0 Å². The zero-order valence-corrected chi connectivity index (χ0v) is 15.1. The van der Waals surface area contributed by atoms with E-state index in [9.17, 15) is 17.2 Å². The molecular formula is C15H15F3IO3S-. The summed E-state index contributed by atoms with van der Waals surface area (Å²) < 4.78 is 70.1. The van der Waals surface area contributed by atoms with Gasteiger partial charge in [0.25, 0.3) is 0 Å². The van der Waals surface area contributed by atoms with E-state index in [-0.39, 0.29) is 7.14 Å². The van der Waals surface area contributed by atoms with E-state index in [1.807, 2.05) is 6.92 Å². The van der Waals surface area contributed by atoms with E-state index in [2.05, 4.69) is 0 Å². The molecule has 0 saturated heterocycles. The molecule has 0 radical (unpaired) electrons. The van der Waals surface area contributed by atoms with E-state index in [1.165, 1.54) is 42.5 Å². The number of aryl methyl sites for hydroxylation is 1. The molecule has 0 saturated carbocycles. The molecule has 0 aliphatic carbocycles. The van der Waals surface area contributed by atoms with Gasteiger partial charge in [-0.3, -0.25) is 0 Å². The average Bonchev–Trinajstić information content (AvgIpc) is 2.53. The molecule has 128 valence electrons. The van der Waals surface area contributed by atoms with Gasteiger partial charge in [-0.1, -0.05) is 0 Å². The second-order valence-corrected chi connectivity index (χ2v) is 13.6. The molecule has 0 aliphatic rings. The SMILES string of the molecule is CCc1ccc([I-](F)(c2ccccc2)C(F)(F)S(=O)(=O)O)cc1. The second kappa shape index (κ2) is 6.40. The fourth-order valence-corrected chi connectivity index (χ4v) is 10.7. The summed E-state index contributed by atoms with van der Waals surface area (Å²) in [6, 6.07) is 11.8. The first-order valence-corrected chi connectivity index (χ1v) is 12.1. The molecule has 1 unspecified atom stereocenters. The maximum atomic E-state index is 15.7. The van der Waals surface area contributed by atoms with Crippen LogP contribution in [0.1, 0.15) is 12.5 Å². The monoisotopic (exact) mass is 459 g/mol. The third kappa shape index (κ3) is 3.11. The third-order valence-corrected chi connectivity index (χ3v) is 13.5. The molecular weight excluding hydrogens is 444 g/mol. The van der Waals surface area contributed by atoms with Crippen LogP contribution >= 0.6 is 0 Å². The van der Waals surface area contributed by atoms with Crippen LogP contribution in [0.4, 0.5) is 11.6 Å². The Morgan fingerprint density at radius 2 is 1.48 bits per heavy atom. The number of halogens is 4. The van der Waals surface area contributed by atoms with Crippen molar-refractivity contribution in [3.63, 3.8) is 0 Å². The van der Waals surface area contributed by atoms with Crippen LogP contribution in [0.2, 0.25) is 0 Å². The third-order valence-electron chi connectivity index (χ3n) is 3.25. The fraction of sp³-hybridized carbons (Fsp3) is 0.200. The molecule has 8 heteroatoms. The molecule has 0 heterocycles. The van der Waals surface area contributed by atoms with Crippen LogP contribution in [0.3, 0.4) is 0 Å². The van der Waals surface area contributed by atoms with Gasteiger partial charge in [0.05, 0.1) is 0 Å². The van der Waals surface area contributed by atoms with Gasteiger partial charge in [-0.05, 0) is 0 Å². The van der Waals surface area contributed by atoms with E-state index < -0.39 is 32.4 Å². The molecule has 23 heavy (non-hydrogen) atoms. The Kier molecular flexibility index (Phi) is 5.07. The van der Waals surface area contributed by atoms with Gasteiger partial charge in [-0.2, -0.15) is 0 Å². The fourth-order valence-electron chi connectivity index (χ4n) is 2.00. The second-order valence-electron chi connectivity index (χ2n) is 4.69. The predicted octanol–water partition coefficient (Wildman–Crippen LogP) is 0.771. The minimum absolute atomic E-state index is 0.372. The van der Waals surface area contributed by atoms with Crippen molar-refractivity contribution in [3.8, 4) is 0 Å². The molecule has 3 nitrogen and oxygen atoms in total. The summed E-state index contributed by atoms with van der Waals surface area (Å²) in [7, 11) is -5.90. The summed E-state index contributed by atoms with van der Waals surface area (Å²) in [4.78, 5) is 0. The standard InChI is InChI=1S/C15H15F3IO3S/c1-2-12-8-10-14(11-9-12)19(18,13-6-4-3-5-7-13)15(16,17)23(20,21)22/h3-11H,2H2,1H3,(H,20,21,22)/q-1. The summed E-state index contributed by atoms with van der Waals surface area (Å²) in [5.41, 5.74) is 0.806. The van der Waals surface area contributed by atoms with Gasteiger partial charge in [0.1, 0.15) is 0 Å². The van der Waals surface area contributed by atoms with Gasteiger partial charge in [-0.15, -0.1) is 0 Å². The molecule has 0 amide bonds. The molecule has 2 aromatic rings. The number of benzene rings is 2. The first-order chi connectivity index (χ1) is 10.6. The molecule has 1 atom stereocenters. The number of hydrogen-bond donors (Lipinski definition) is 1. The number of alkyl halides is 3. The molecule has 0 aliphatic heterocycles. The zero-order chi connectivity index (χ0) is 17.3. The van der Waals surface area contributed by atoms with E-state index in [1.54, 1.807) is 0 Å². The molecule has 2 aromatic carbocycles. The van der Waals surface area contributed by atoms with Crippen molar-refractivity contribution in [2.75, 3.05) is 0 Å². The molecule has 0 bridgehead atoms. The van der Waals surface area contributed by atoms with Crippen LogP contribution in [0, 0.1) is 7.14 Å². The van der Waals surface area contributed by atoms with Crippen LogP contribution < -0.4 is 19.0 Å². The van der Waals surface area contributed by atoms with E-state index in [0.717, 1.165) is 17.7 Å². The van der Waals surface area contributed by atoms with Crippen LogP contribution in [-0.2, 0) is 16.5 Å². The molecule has 2 rings (SSSR count). The summed E-state index contributed by atoms with van der Waals surface area (Å²) in [5.74, 6) is 0. The Balaban J connectivity index is 2.75. The summed E-state index contributed by atoms with van der Waals surface area (Å²) in [6.07, 6.45) is 0.631. The van der Waals surface area contributed by atoms with E-state index in [4.69, 9.17) is 4.55 Å². The molecule has 0 aromatic heterocycles. The maximum absolute atomic E-state index is 15.7. The predicted molar refractivity (Wildman–Crippen MR) is 77.3 cm³/mol. The van der Waals surface area contributed by atoms with Crippen molar-refractivity contribution in [1.82, 2.24) is 0 Å². The van der Waals surface area contributed by atoms with Crippen molar-refractivity contribution in [3.05, 3.63) is 67.3 Å². The topological polar surface area (TPSA) is 54.4 Å². The normalized spacial score (nSPS) is 16.6. The Bertz CT molecular complexity index is 779. The van der Waals surface area contributed by atoms with Crippen LogP contribution in [0.25, 0.3) is 0 Å². The van der Waals surface area contributed by atoms with Gasteiger partial charge < -0.3 is 0 Å². The van der Waals surface area contributed by atoms with Crippen molar-refractivity contribution in [2.24, 2.45) is 0 Å². The van der Waals surface area contributed by atoms with Gasteiger partial charge >= 0.3 is 138 Å². The van der Waals surface area contributed by atoms with Crippen LogP contribution in [0.15, 0.2) is 54.6 Å². The Morgan fingerprint density at radius 1 is 1.00 bits per heavy atom. The van der Waals surface area contributed by atoms with Gasteiger partial charge in [0.15, 0.2) is 0 Å². The first kappa shape index (κ1) is 18.2. The summed E-state index contributed by atoms with van der Waals surface area (Å²) in [6.45, 7) is 1.85. The quantitative estimate of drug-likeness (QED) is 0.409. The zero-order valence-electron chi connectivity index (χ0n) is 12.1. The van der Waals surface area contributed by atoms with Gasteiger partial charge in [-0.25, -0.2) is 0 Å². The van der Waals surface area contributed by atoms with Crippen LogP contribution in [0.5, 0.6) is 0 Å². The van der Waals surface area contributed by atoms with Crippen molar-refractivity contribution >= 4 is 10.1 Å². The van der Waals surface area contributed by atoms with Crippen LogP contribution in [-0.4, -0.2) is 16.2 Å². The van der Waals surface area contributed by atoms with Gasteiger partial charge in [0.2, 0.25) is 0 Å². The average molecular weight is 459 g/mol. The van der Waals surface area contributed by atoms with Crippen molar-refractivity contribution in [2.45, 2.75) is 16.6 Å². The van der Waals surface area contributed by atoms with Crippen molar-refractivity contribution < 1.29 is 43.6 Å². The first-order valence-electron chi connectivity index (χ1n) is 6.60. The summed E-state index contributed by atoms with van der Waals surface area (Å²) >= 11 is -6.12. The Morgan fingerprint density at radius 3 is 1.91 bits per heavy atom.